The minimum absolute atomic E-state index is 0.372. The number of esters is 2. The molecule has 0 aromatic heterocycles. The van der Waals surface area contributed by atoms with Crippen LogP contribution in [0.25, 0.3) is 0 Å². The van der Waals surface area contributed by atoms with E-state index in [0.717, 1.165) is 11.1 Å². The van der Waals surface area contributed by atoms with Crippen LogP contribution in [0.4, 0.5) is 0 Å². The smallest absolute Gasteiger partial charge is 0.302 e. The third-order valence-corrected chi connectivity index (χ3v) is 5.60. The van der Waals surface area contributed by atoms with Crippen molar-refractivity contribution in [2.45, 2.75) is 58.2 Å². The summed E-state index contributed by atoms with van der Waals surface area (Å²) in [5.74, 6) is 1.84. The summed E-state index contributed by atoms with van der Waals surface area (Å²) < 4.78 is 32.5. The number of benzene rings is 2. The zero-order chi connectivity index (χ0) is 25.8. The Hall–Kier alpha value is -3.42. The van der Waals surface area contributed by atoms with Gasteiger partial charge in [0, 0.05) is 20.3 Å². The van der Waals surface area contributed by atoms with Crippen LogP contribution in [-0.2, 0) is 31.9 Å². The van der Waals surface area contributed by atoms with Crippen molar-refractivity contribution in [2.24, 2.45) is 0 Å². The third-order valence-electron chi connectivity index (χ3n) is 5.60. The lowest BCUT2D eigenvalue weighted by Crippen LogP contribution is -2.27. The van der Waals surface area contributed by atoms with Crippen molar-refractivity contribution in [1.82, 2.24) is 0 Å². The summed E-state index contributed by atoms with van der Waals surface area (Å²) in [5, 5.41) is 0. The van der Waals surface area contributed by atoms with E-state index in [-0.39, 0.29) is 11.9 Å². The van der Waals surface area contributed by atoms with Crippen molar-refractivity contribution in [3.8, 4) is 23.0 Å². The molecule has 2 aromatic carbocycles. The number of carbonyl (C=O) groups is 2. The third kappa shape index (κ3) is 9.03. The van der Waals surface area contributed by atoms with Crippen LogP contribution < -0.4 is 18.9 Å². The van der Waals surface area contributed by atoms with E-state index in [0.29, 0.717) is 55.1 Å². The van der Waals surface area contributed by atoms with Gasteiger partial charge in [0.1, 0.15) is 12.2 Å². The van der Waals surface area contributed by atoms with Gasteiger partial charge in [-0.25, -0.2) is 0 Å². The second-order valence-corrected chi connectivity index (χ2v) is 8.15. The maximum atomic E-state index is 11.8. The molecule has 0 aliphatic rings. The summed E-state index contributed by atoms with van der Waals surface area (Å²) in [5.41, 5.74) is 2.04. The molecule has 0 spiro atoms. The highest BCUT2D eigenvalue weighted by Crippen LogP contribution is 2.30. The summed E-state index contributed by atoms with van der Waals surface area (Å²) in [6, 6.07) is 11.4. The predicted octanol–water partition coefficient (Wildman–Crippen LogP) is 4.54. The monoisotopic (exact) mass is 488 g/mol. The average Bonchev–Trinajstić information content (AvgIpc) is 2.84. The quantitative estimate of drug-likeness (QED) is 0.358. The standard InChI is InChI=1S/C27H36O8/c1-18(28)34-22(11-7-20-9-13-24(30-3)26(15-20)32-5)17-23(35-19(2)29)12-8-21-10-14-25(31-4)27(16-21)33-6/h9-10,13-16,22-23H,7-8,11-12,17H2,1-6H3. The molecule has 0 radical (unpaired) electrons. The Morgan fingerprint density at radius 3 is 1.31 bits per heavy atom. The normalized spacial score (nSPS) is 12.3. The zero-order valence-corrected chi connectivity index (χ0v) is 21.4. The molecule has 2 unspecified atom stereocenters. The molecular weight excluding hydrogens is 452 g/mol. The van der Waals surface area contributed by atoms with Crippen LogP contribution in [0.3, 0.4) is 0 Å². The molecule has 0 saturated carbocycles. The van der Waals surface area contributed by atoms with Gasteiger partial charge in [0.2, 0.25) is 0 Å². The number of rotatable bonds is 14. The number of aryl methyl sites for hydroxylation is 2. The lowest BCUT2D eigenvalue weighted by molar-refractivity contribution is -0.153. The van der Waals surface area contributed by atoms with E-state index in [1.54, 1.807) is 28.4 Å². The molecule has 192 valence electrons. The first-order valence-corrected chi connectivity index (χ1v) is 11.6. The van der Waals surface area contributed by atoms with Gasteiger partial charge in [-0.3, -0.25) is 9.59 Å². The molecule has 0 N–H and O–H groups in total. The fourth-order valence-corrected chi connectivity index (χ4v) is 3.94. The van der Waals surface area contributed by atoms with Gasteiger partial charge in [0.15, 0.2) is 23.0 Å². The largest absolute Gasteiger partial charge is 0.493 e. The average molecular weight is 489 g/mol. The van der Waals surface area contributed by atoms with Crippen LogP contribution in [0, 0.1) is 0 Å². The molecular formula is C27H36O8. The van der Waals surface area contributed by atoms with E-state index < -0.39 is 12.2 Å². The van der Waals surface area contributed by atoms with Gasteiger partial charge in [0.05, 0.1) is 28.4 Å². The zero-order valence-electron chi connectivity index (χ0n) is 21.4. The second kappa shape index (κ2) is 14.1. The fourth-order valence-electron chi connectivity index (χ4n) is 3.94. The molecule has 35 heavy (non-hydrogen) atoms. The summed E-state index contributed by atoms with van der Waals surface area (Å²) in [6.07, 6.45) is 2.04. The molecule has 8 nitrogen and oxygen atoms in total. The lowest BCUT2D eigenvalue weighted by Gasteiger charge is -2.24. The molecule has 0 fully saturated rings. The molecule has 8 heteroatoms. The summed E-state index contributed by atoms with van der Waals surface area (Å²) in [4.78, 5) is 23.5. The van der Waals surface area contributed by atoms with Crippen LogP contribution in [0.15, 0.2) is 36.4 Å². The van der Waals surface area contributed by atoms with Crippen molar-refractivity contribution in [1.29, 1.82) is 0 Å². The number of methoxy groups -OCH3 is 4. The van der Waals surface area contributed by atoms with Gasteiger partial charge >= 0.3 is 11.9 Å². The molecule has 0 saturated heterocycles. The van der Waals surface area contributed by atoms with E-state index in [1.165, 1.54) is 13.8 Å². The van der Waals surface area contributed by atoms with Crippen LogP contribution in [0.1, 0.15) is 44.2 Å². The van der Waals surface area contributed by atoms with E-state index >= 15 is 0 Å². The summed E-state index contributed by atoms with van der Waals surface area (Å²) in [6.45, 7) is 2.77. The Morgan fingerprint density at radius 2 is 1.00 bits per heavy atom. The van der Waals surface area contributed by atoms with E-state index in [9.17, 15) is 9.59 Å². The maximum absolute atomic E-state index is 11.8. The Morgan fingerprint density at radius 1 is 0.629 bits per heavy atom. The van der Waals surface area contributed by atoms with Crippen LogP contribution >= 0.6 is 0 Å². The van der Waals surface area contributed by atoms with Gasteiger partial charge in [-0.2, -0.15) is 0 Å². The second-order valence-electron chi connectivity index (χ2n) is 8.15. The highest BCUT2D eigenvalue weighted by Gasteiger charge is 2.22. The lowest BCUT2D eigenvalue weighted by atomic mass is 9.98. The molecule has 0 amide bonds. The predicted molar refractivity (Wildman–Crippen MR) is 131 cm³/mol. The van der Waals surface area contributed by atoms with Crippen molar-refractivity contribution in [3.05, 3.63) is 47.5 Å². The van der Waals surface area contributed by atoms with Crippen molar-refractivity contribution >= 4 is 11.9 Å². The number of ether oxygens (including phenoxy) is 6. The van der Waals surface area contributed by atoms with Gasteiger partial charge in [-0.1, -0.05) is 12.1 Å². The number of hydrogen-bond acceptors (Lipinski definition) is 8. The Bertz CT molecular complexity index is 894. The van der Waals surface area contributed by atoms with E-state index in [1.807, 2.05) is 36.4 Å². The maximum Gasteiger partial charge on any atom is 0.302 e. The van der Waals surface area contributed by atoms with Gasteiger partial charge < -0.3 is 28.4 Å². The molecule has 0 heterocycles. The van der Waals surface area contributed by atoms with Crippen LogP contribution in [0.2, 0.25) is 0 Å². The highest BCUT2D eigenvalue weighted by atomic mass is 16.6. The first kappa shape index (κ1) is 27.8. The Balaban J connectivity index is 2.09. The molecule has 0 aliphatic carbocycles. The van der Waals surface area contributed by atoms with Crippen LogP contribution in [-0.4, -0.2) is 52.6 Å². The van der Waals surface area contributed by atoms with Gasteiger partial charge in [-0.05, 0) is 61.1 Å². The van der Waals surface area contributed by atoms with Crippen molar-refractivity contribution in [3.63, 3.8) is 0 Å². The first-order chi connectivity index (χ1) is 16.8. The first-order valence-electron chi connectivity index (χ1n) is 11.6. The van der Waals surface area contributed by atoms with Crippen LogP contribution in [0.5, 0.6) is 23.0 Å². The fraction of sp³-hybridized carbons (Fsp3) is 0.481. The minimum Gasteiger partial charge on any atom is -0.493 e. The molecule has 0 aliphatic heterocycles. The minimum atomic E-state index is -0.407. The molecule has 0 bridgehead atoms. The van der Waals surface area contributed by atoms with E-state index in [2.05, 4.69) is 0 Å². The van der Waals surface area contributed by atoms with Gasteiger partial charge in [0.25, 0.3) is 0 Å². The summed E-state index contributed by atoms with van der Waals surface area (Å²) >= 11 is 0. The van der Waals surface area contributed by atoms with Gasteiger partial charge in [-0.15, -0.1) is 0 Å². The van der Waals surface area contributed by atoms with E-state index in [4.69, 9.17) is 28.4 Å². The SMILES string of the molecule is COc1ccc(CCC(CC(CCc2ccc(OC)c(OC)c2)OC(C)=O)OC(C)=O)cc1OC. The topological polar surface area (TPSA) is 89.5 Å². The number of hydrogen-bond donors (Lipinski definition) is 0. The number of carbonyl (C=O) groups excluding carboxylic acids is 2. The Labute approximate surface area is 207 Å². The Kier molecular flexibility index (Phi) is 11.2. The van der Waals surface area contributed by atoms with Crippen molar-refractivity contribution in [2.75, 3.05) is 28.4 Å². The van der Waals surface area contributed by atoms with Crippen molar-refractivity contribution < 1.29 is 38.0 Å². The molecule has 2 atom stereocenters. The highest BCUT2D eigenvalue weighted by molar-refractivity contribution is 5.66. The molecule has 2 rings (SSSR count). The molecule has 2 aromatic rings. The summed E-state index contributed by atoms with van der Waals surface area (Å²) in [7, 11) is 6.35.